The van der Waals surface area contributed by atoms with Crippen molar-refractivity contribution in [2.45, 2.75) is 77.2 Å². The number of hydroxylamine groups is 2. The largest absolute Gasteiger partial charge is 0.537 e. The second-order valence-electron chi connectivity index (χ2n) is 8.48. The number of amides is 3. The number of carbonyl (C=O) groups is 5. The number of hydrogen-bond acceptors (Lipinski definition) is 10. The van der Waals surface area contributed by atoms with Gasteiger partial charge in [-0.15, -0.1) is 0 Å². The van der Waals surface area contributed by atoms with Gasteiger partial charge in [-0.1, -0.05) is 5.06 Å². The molecule has 1 saturated heterocycles. The normalized spacial score (nSPS) is 24.6. The van der Waals surface area contributed by atoms with E-state index in [0.717, 1.165) is 12.8 Å². The fraction of sp³-hybridized carbons (Fsp3) is 0.750. The van der Waals surface area contributed by atoms with Crippen molar-refractivity contribution in [2.24, 2.45) is 22.1 Å². The molecule has 12 nitrogen and oxygen atoms in total. The zero-order valence-electron chi connectivity index (χ0n) is 18.2. The summed E-state index contributed by atoms with van der Waals surface area (Å²) < 4.78 is 9.94. The van der Waals surface area contributed by atoms with E-state index >= 15 is 0 Å². The minimum Gasteiger partial charge on any atom is -0.425 e. The molecule has 0 aromatic rings. The van der Waals surface area contributed by atoms with E-state index in [1.54, 1.807) is 0 Å². The lowest BCUT2D eigenvalue weighted by Gasteiger charge is -2.28. The Morgan fingerprint density at radius 3 is 2.31 bits per heavy atom. The summed E-state index contributed by atoms with van der Waals surface area (Å²) in [5, 5.41) is 11.0. The average molecular weight is 452 g/mol. The van der Waals surface area contributed by atoms with Gasteiger partial charge in [0, 0.05) is 39.2 Å². The highest BCUT2D eigenvalue weighted by Crippen LogP contribution is 2.32. The smallest absolute Gasteiger partial charge is 0.425 e. The van der Waals surface area contributed by atoms with Crippen LogP contribution in [0.3, 0.4) is 0 Å². The van der Waals surface area contributed by atoms with E-state index in [2.05, 4.69) is 20.4 Å². The third kappa shape index (κ3) is 6.72. The number of hydrogen-bond donors (Lipinski definition) is 1. The fourth-order valence-electron chi connectivity index (χ4n) is 3.66. The van der Waals surface area contributed by atoms with Crippen LogP contribution in [0, 0.1) is 11.8 Å². The molecular formula is C20H28N4O8. The quantitative estimate of drug-likeness (QED) is 0.316. The summed E-state index contributed by atoms with van der Waals surface area (Å²) in [6.45, 7) is 3.78. The molecule has 0 spiro atoms. The van der Waals surface area contributed by atoms with Crippen molar-refractivity contribution in [3.63, 3.8) is 0 Å². The van der Waals surface area contributed by atoms with Crippen molar-refractivity contribution in [1.82, 2.24) is 10.4 Å². The summed E-state index contributed by atoms with van der Waals surface area (Å²) in [4.78, 5) is 63.4. The first-order valence-corrected chi connectivity index (χ1v) is 10.8. The van der Waals surface area contributed by atoms with Crippen molar-refractivity contribution >= 4 is 29.8 Å². The Bertz CT molecular complexity index is 783. The second-order valence-corrected chi connectivity index (χ2v) is 8.48. The van der Waals surface area contributed by atoms with Crippen molar-refractivity contribution in [3.8, 4) is 0 Å². The Balaban J connectivity index is 1.29. The Labute approximate surface area is 185 Å². The van der Waals surface area contributed by atoms with E-state index < -0.39 is 30.2 Å². The summed E-state index contributed by atoms with van der Waals surface area (Å²) >= 11 is 0. The van der Waals surface area contributed by atoms with Crippen LogP contribution >= 0.6 is 0 Å². The molecule has 1 aliphatic carbocycles. The van der Waals surface area contributed by atoms with E-state index in [0.29, 0.717) is 37.3 Å². The topological polar surface area (TPSA) is 153 Å². The maximum Gasteiger partial charge on any atom is 0.537 e. The van der Waals surface area contributed by atoms with Crippen LogP contribution in [0.4, 0.5) is 4.79 Å². The van der Waals surface area contributed by atoms with Crippen LogP contribution in [0.1, 0.15) is 65.2 Å². The molecule has 12 heteroatoms. The molecule has 176 valence electrons. The van der Waals surface area contributed by atoms with Crippen molar-refractivity contribution in [2.75, 3.05) is 6.54 Å². The first kappa shape index (κ1) is 23.6. The summed E-state index contributed by atoms with van der Waals surface area (Å²) in [7, 11) is 0. The molecule has 0 radical (unpaired) electrons. The highest BCUT2D eigenvalue weighted by molar-refractivity contribution is 6.01. The first-order valence-electron chi connectivity index (χ1n) is 10.8. The monoisotopic (exact) mass is 452 g/mol. The number of esters is 1. The van der Waals surface area contributed by atoms with Crippen molar-refractivity contribution in [3.05, 3.63) is 0 Å². The fourth-order valence-corrected chi connectivity index (χ4v) is 3.66. The third-order valence-corrected chi connectivity index (χ3v) is 5.75. The Morgan fingerprint density at radius 2 is 1.72 bits per heavy atom. The lowest BCUT2D eigenvalue weighted by molar-refractivity contribution is -0.193. The number of nitrogens with one attached hydrogen (secondary N) is 1. The lowest BCUT2D eigenvalue weighted by Crippen LogP contribution is -2.35. The van der Waals surface area contributed by atoms with Gasteiger partial charge in [0.25, 0.3) is 11.8 Å². The number of nitrogens with zero attached hydrogens (tertiary/aromatic N) is 3. The van der Waals surface area contributed by atoms with Crippen LogP contribution in [-0.4, -0.2) is 53.4 Å². The minimum atomic E-state index is -1.30. The molecule has 32 heavy (non-hydrogen) atoms. The van der Waals surface area contributed by atoms with E-state index in [9.17, 15) is 24.0 Å². The molecular weight excluding hydrogens is 424 g/mol. The Kier molecular flexibility index (Phi) is 7.41. The van der Waals surface area contributed by atoms with E-state index in [1.165, 1.54) is 6.92 Å². The second kappa shape index (κ2) is 10.0. The van der Waals surface area contributed by atoms with Crippen molar-refractivity contribution < 1.29 is 38.3 Å². The van der Waals surface area contributed by atoms with Gasteiger partial charge in [-0.25, -0.2) is 4.79 Å². The zero-order valence-corrected chi connectivity index (χ0v) is 18.2. The summed E-state index contributed by atoms with van der Waals surface area (Å²) in [6.07, 6.45) is 1.12. The molecule has 0 bridgehead atoms. The average Bonchev–Trinajstić information content (AvgIpc) is 3.42. The van der Waals surface area contributed by atoms with Gasteiger partial charge >= 0.3 is 12.1 Å². The van der Waals surface area contributed by atoms with Gasteiger partial charge in [0.15, 0.2) is 5.66 Å². The predicted octanol–water partition coefficient (Wildman–Crippen LogP) is 1.98. The molecule has 3 aliphatic rings. The lowest BCUT2D eigenvalue weighted by atomic mass is 9.82. The van der Waals surface area contributed by atoms with Gasteiger partial charge in [0.1, 0.15) is 0 Å². The van der Waals surface area contributed by atoms with Gasteiger partial charge < -0.3 is 14.8 Å². The molecule has 1 N–H and O–H groups in total. The summed E-state index contributed by atoms with van der Waals surface area (Å²) in [5.74, 6) is -1.83. The van der Waals surface area contributed by atoms with Crippen LogP contribution < -0.4 is 5.32 Å². The predicted molar refractivity (Wildman–Crippen MR) is 105 cm³/mol. The van der Waals surface area contributed by atoms with Gasteiger partial charge in [0.05, 0.1) is 5.92 Å². The minimum absolute atomic E-state index is 0.0275. The van der Waals surface area contributed by atoms with Crippen LogP contribution in [-0.2, 0) is 33.5 Å². The van der Waals surface area contributed by atoms with Crippen LogP contribution in [0.2, 0.25) is 0 Å². The molecule has 1 unspecified atom stereocenters. The number of ether oxygens (including phenoxy) is 2. The van der Waals surface area contributed by atoms with Crippen LogP contribution in [0.25, 0.3) is 0 Å². The van der Waals surface area contributed by atoms with Crippen LogP contribution in [0.15, 0.2) is 10.2 Å². The van der Waals surface area contributed by atoms with Gasteiger partial charge in [-0.3, -0.25) is 24.0 Å². The molecule has 2 fully saturated rings. The number of imide groups is 1. The maximum atomic E-state index is 12.3. The maximum absolute atomic E-state index is 12.3. The Morgan fingerprint density at radius 1 is 1.09 bits per heavy atom. The SMILES string of the molecule is CC(OC(=O)ON1C(=O)CCC1=O)OC(=O)C1CCC(CNC(=O)CCC2(C)N=N2)CC1. The molecule has 0 aromatic heterocycles. The van der Waals surface area contributed by atoms with Gasteiger partial charge in [-0.2, -0.15) is 10.2 Å². The highest BCUT2D eigenvalue weighted by atomic mass is 16.9. The standard InChI is InChI=1S/C20H28N4O8/c1-12(31-19(29)32-24-16(26)7-8-17(24)27)30-18(28)14-5-3-13(4-6-14)11-21-15(25)9-10-20(2)22-23-20/h12-14H,3-11H2,1-2H3,(H,21,25). The Hall–Kier alpha value is -3.05. The van der Waals surface area contributed by atoms with Gasteiger partial charge in [0.2, 0.25) is 12.2 Å². The molecule has 2 heterocycles. The number of carbonyl (C=O) groups excluding carboxylic acids is 5. The summed E-state index contributed by atoms with van der Waals surface area (Å²) in [5.41, 5.74) is -0.379. The third-order valence-electron chi connectivity index (χ3n) is 5.75. The van der Waals surface area contributed by atoms with Crippen molar-refractivity contribution in [1.29, 1.82) is 0 Å². The van der Waals surface area contributed by atoms with Gasteiger partial charge in [-0.05, 0) is 38.5 Å². The molecule has 1 atom stereocenters. The highest BCUT2D eigenvalue weighted by Gasteiger charge is 2.35. The summed E-state index contributed by atoms with van der Waals surface area (Å²) in [6, 6.07) is 0. The first-order chi connectivity index (χ1) is 15.1. The van der Waals surface area contributed by atoms with Crippen LogP contribution in [0.5, 0.6) is 0 Å². The molecule has 1 saturated carbocycles. The molecule has 3 rings (SSSR count). The molecule has 2 aliphatic heterocycles. The molecule has 3 amide bonds. The van der Waals surface area contributed by atoms with E-state index in [4.69, 9.17) is 9.47 Å². The molecule has 0 aromatic carbocycles. The van der Waals surface area contributed by atoms with E-state index in [1.807, 2.05) is 6.92 Å². The number of rotatable bonds is 9. The zero-order chi connectivity index (χ0) is 23.3. The van der Waals surface area contributed by atoms with E-state index in [-0.39, 0.29) is 36.2 Å².